The number of halogens is 4. The lowest BCUT2D eigenvalue weighted by Gasteiger charge is -2.29. The van der Waals surface area contributed by atoms with Crippen LogP contribution in [0, 0.1) is 5.92 Å². The lowest BCUT2D eigenvalue weighted by molar-refractivity contribution is -0.125. The first-order valence-electron chi connectivity index (χ1n) is 5.56. The first-order valence-corrected chi connectivity index (χ1v) is 5.56. The van der Waals surface area contributed by atoms with Crippen LogP contribution in [0.1, 0.15) is 25.7 Å². The second-order valence-corrected chi connectivity index (χ2v) is 4.40. The highest BCUT2D eigenvalue weighted by atomic mass is 19.3. The molecule has 0 bridgehead atoms. The van der Waals surface area contributed by atoms with Crippen molar-refractivity contribution in [2.45, 2.75) is 44.1 Å². The summed E-state index contributed by atoms with van der Waals surface area (Å²) in [4.78, 5) is 0. The van der Waals surface area contributed by atoms with Crippen molar-refractivity contribution in [3.05, 3.63) is 0 Å². The van der Waals surface area contributed by atoms with Crippen LogP contribution < -0.4 is 11.1 Å². The molecule has 6 heteroatoms. The average Bonchev–Trinajstić information content (AvgIpc) is 2.20. The standard InChI is InChI=1S/C10H18F4N2/c11-9(12)10(13,14)6-16-5-7-3-1-2-4-8(7)15/h7-9,16H,1-6,15H2. The Morgan fingerprint density at radius 3 is 2.44 bits per heavy atom. The number of alkyl halides is 4. The van der Waals surface area contributed by atoms with Gasteiger partial charge in [-0.05, 0) is 25.3 Å². The predicted molar refractivity (Wildman–Crippen MR) is 53.8 cm³/mol. The summed E-state index contributed by atoms with van der Waals surface area (Å²) < 4.78 is 48.8. The van der Waals surface area contributed by atoms with Gasteiger partial charge in [0, 0.05) is 6.04 Å². The highest BCUT2D eigenvalue weighted by Crippen LogP contribution is 2.24. The average molecular weight is 242 g/mol. The topological polar surface area (TPSA) is 38.0 Å². The van der Waals surface area contributed by atoms with E-state index < -0.39 is 18.9 Å². The Kier molecular flexibility index (Phi) is 4.98. The van der Waals surface area contributed by atoms with E-state index >= 15 is 0 Å². The number of nitrogens with two attached hydrogens (primary N) is 1. The molecule has 0 saturated heterocycles. The molecule has 0 aromatic rings. The third-order valence-electron chi connectivity index (χ3n) is 3.05. The zero-order chi connectivity index (χ0) is 12.2. The van der Waals surface area contributed by atoms with Crippen LogP contribution in [0.2, 0.25) is 0 Å². The van der Waals surface area contributed by atoms with E-state index in [9.17, 15) is 17.6 Å². The molecule has 1 rings (SSSR count). The Bertz CT molecular complexity index is 211. The minimum atomic E-state index is -3.95. The van der Waals surface area contributed by atoms with E-state index in [1.54, 1.807) is 0 Å². The van der Waals surface area contributed by atoms with Crippen molar-refractivity contribution < 1.29 is 17.6 Å². The van der Waals surface area contributed by atoms with E-state index in [2.05, 4.69) is 5.32 Å². The van der Waals surface area contributed by atoms with E-state index in [1.165, 1.54) is 0 Å². The molecule has 96 valence electrons. The molecule has 1 aliphatic carbocycles. The number of nitrogens with one attached hydrogen (secondary N) is 1. The smallest absolute Gasteiger partial charge is 0.319 e. The Morgan fingerprint density at radius 1 is 1.25 bits per heavy atom. The fourth-order valence-electron chi connectivity index (χ4n) is 1.99. The zero-order valence-corrected chi connectivity index (χ0v) is 9.06. The van der Waals surface area contributed by atoms with Crippen LogP contribution in [0.3, 0.4) is 0 Å². The van der Waals surface area contributed by atoms with Crippen LogP contribution in [0.25, 0.3) is 0 Å². The Morgan fingerprint density at radius 2 is 1.88 bits per heavy atom. The molecule has 2 atom stereocenters. The Labute approximate surface area is 92.6 Å². The molecule has 1 aliphatic rings. The molecule has 0 amide bonds. The second kappa shape index (κ2) is 5.82. The van der Waals surface area contributed by atoms with Gasteiger partial charge >= 0.3 is 12.3 Å². The van der Waals surface area contributed by atoms with Crippen LogP contribution in [0.5, 0.6) is 0 Å². The van der Waals surface area contributed by atoms with E-state index in [0.29, 0.717) is 6.54 Å². The third kappa shape index (κ3) is 3.90. The summed E-state index contributed by atoms with van der Waals surface area (Å²) >= 11 is 0. The quantitative estimate of drug-likeness (QED) is 0.724. The summed E-state index contributed by atoms with van der Waals surface area (Å²) in [5, 5.41) is 2.40. The van der Waals surface area contributed by atoms with E-state index in [-0.39, 0.29) is 12.0 Å². The van der Waals surface area contributed by atoms with Crippen molar-refractivity contribution in [3.63, 3.8) is 0 Å². The van der Waals surface area contributed by atoms with Crippen LogP contribution in [-0.4, -0.2) is 31.5 Å². The van der Waals surface area contributed by atoms with Crippen molar-refractivity contribution in [3.8, 4) is 0 Å². The lowest BCUT2D eigenvalue weighted by Crippen LogP contribution is -2.44. The van der Waals surface area contributed by atoms with Crippen molar-refractivity contribution in [1.29, 1.82) is 0 Å². The fourth-order valence-corrected chi connectivity index (χ4v) is 1.99. The van der Waals surface area contributed by atoms with Crippen LogP contribution >= 0.6 is 0 Å². The monoisotopic (exact) mass is 242 g/mol. The summed E-state index contributed by atoms with van der Waals surface area (Å²) in [5.41, 5.74) is 5.81. The predicted octanol–water partition coefficient (Wildman–Crippen LogP) is 1.99. The van der Waals surface area contributed by atoms with E-state index in [4.69, 9.17) is 5.73 Å². The minimum absolute atomic E-state index is 0.00132. The van der Waals surface area contributed by atoms with Crippen LogP contribution in [0.4, 0.5) is 17.6 Å². The maximum absolute atomic E-state index is 12.6. The van der Waals surface area contributed by atoms with Gasteiger partial charge in [-0.25, -0.2) is 8.78 Å². The van der Waals surface area contributed by atoms with Gasteiger partial charge in [-0.15, -0.1) is 0 Å². The van der Waals surface area contributed by atoms with Gasteiger partial charge < -0.3 is 11.1 Å². The SMILES string of the molecule is NC1CCCCC1CNCC(F)(F)C(F)F. The normalized spacial score (nSPS) is 27.4. The Hall–Kier alpha value is -0.360. The van der Waals surface area contributed by atoms with E-state index in [0.717, 1.165) is 25.7 Å². The first kappa shape index (κ1) is 13.7. The molecule has 0 spiro atoms. The molecule has 2 unspecified atom stereocenters. The maximum Gasteiger partial charge on any atom is 0.319 e. The third-order valence-corrected chi connectivity index (χ3v) is 3.05. The molecule has 1 fully saturated rings. The first-order chi connectivity index (χ1) is 7.43. The van der Waals surface area contributed by atoms with Gasteiger partial charge in [0.1, 0.15) is 0 Å². The van der Waals surface area contributed by atoms with Gasteiger partial charge in [0.2, 0.25) is 0 Å². The summed E-state index contributed by atoms with van der Waals surface area (Å²) in [7, 11) is 0. The largest absolute Gasteiger partial charge is 0.327 e. The molecule has 0 heterocycles. The van der Waals surface area contributed by atoms with Gasteiger partial charge in [0.15, 0.2) is 0 Å². The summed E-state index contributed by atoms with van der Waals surface area (Å²) in [6.45, 7) is -0.683. The van der Waals surface area contributed by atoms with Gasteiger partial charge in [-0.3, -0.25) is 0 Å². The van der Waals surface area contributed by atoms with Gasteiger partial charge in [0.05, 0.1) is 6.54 Å². The minimum Gasteiger partial charge on any atom is -0.327 e. The van der Waals surface area contributed by atoms with Gasteiger partial charge in [0.25, 0.3) is 0 Å². The second-order valence-electron chi connectivity index (χ2n) is 4.40. The maximum atomic E-state index is 12.6. The number of rotatable bonds is 5. The number of hydrogen-bond acceptors (Lipinski definition) is 2. The molecule has 3 N–H and O–H groups in total. The fraction of sp³-hybridized carbons (Fsp3) is 1.00. The molecule has 0 aliphatic heterocycles. The van der Waals surface area contributed by atoms with Crippen molar-refractivity contribution >= 4 is 0 Å². The van der Waals surface area contributed by atoms with Crippen molar-refractivity contribution in [2.24, 2.45) is 11.7 Å². The summed E-state index contributed by atoms with van der Waals surface area (Å²) in [6, 6.07) is 0.00132. The Balaban J connectivity index is 2.24. The number of hydrogen-bond donors (Lipinski definition) is 2. The molecular weight excluding hydrogens is 224 g/mol. The van der Waals surface area contributed by atoms with Gasteiger partial charge in [-0.1, -0.05) is 12.8 Å². The molecule has 0 radical (unpaired) electrons. The molecule has 1 saturated carbocycles. The van der Waals surface area contributed by atoms with Crippen LogP contribution in [-0.2, 0) is 0 Å². The molecule has 2 nitrogen and oxygen atoms in total. The molecule has 16 heavy (non-hydrogen) atoms. The van der Waals surface area contributed by atoms with Crippen molar-refractivity contribution in [1.82, 2.24) is 5.32 Å². The van der Waals surface area contributed by atoms with Gasteiger partial charge in [-0.2, -0.15) is 8.78 Å². The summed E-state index contributed by atoms with van der Waals surface area (Å²) in [5.74, 6) is -3.82. The molecule has 0 aromatic carbocycles. The highest BCUT2D eigenvalue weighted by Gasteiger charge is 2.40. The lowest BCUT2D eigenvalue weighted by atomic mass is 9.85. The molecule has 0 aromatic heterocycles. The highest BCUT2D eigenvalue weighted by molar-refractivity contribution is 4.81. The molecular formula is C10H18F4N2. The summed E-state index contributed by atoms with van der Waals surface area (Å²) in [6.07, 6.45) is 0.252. The zero-order valence-electron chi connectivity index (χ0n) is 9.06. The van der Waals surface area contributed by atoms with Crippen LogP contribution in [0.15, 0.2) is 0 Å². The van der Waals surface area contributed by atoms with E-state index in [1.807, 2.05) is 0 Å². The van der Waals surface area contributed by atoms with Crippen molar-refractivity contribution in [2.75, 3.05) is 13.1 Å².